The fraction of sp³-hybridized carbons (Fsp3) is 0.667. The summed E-state index contributed by atoms with van der Waals surface area (Å²) in [6, 6.07) is 2.14. The molecule has 1 unspecified atom stereocenters. The molecule has 1 atom stereocenters. The Morgan fingerprint density at radius 1 is 1.14 bits per heavy atom. The molecule has 0 radical (unpaired) electrons. The van der Waals surface area contributed by atoms with Crippen LogP contribution >= 0.6 is 0 Å². The van der Waals surface area contributed by atoms with Crippen LogP contribution in [0.15, 0.2) is 15.3 Å². The fourth-order valence-electron chi connectivity index (χ4n) is 4.81. The van der Waals surface area contributed by atoms with Gasteiger partial charge in [-0.25, -0.2) is 4.79 Å². The maximum absolute atomic E-state index is 13.0. The minimum Gasteiger partial charge on any atom is -0.427 e. The summed E-state index contributed by atoms with van der Waals surface area (Å²) in [6.45, 7) is 4.60. The molecule has 1 aromatic heterocycles. The van der Waals surface area contributed by atoms with Crippen LogP contribution in [-0.2, 0) is 4.79 Å². The zero-order chi connectivity index (χ0) is 19.7. The highest BCUT2D eigenvalue weighted by atomic mass is 16.4. The Kier molecular flexibility index (Phi) is 5.53. The lowest BCUT2D eigenvalue weighted by Gasteiger charge is -2.37. The molecule has 2 amide bonds. The number of carbonyl (C=O) groups is 2. The molecular formula is C21H29N3O4. The molecule has 3 aliphatic rings. The molecule has 152 valence electrons. The molecule has 7 heteroatoms. The van der Waals surface area contributed by atoms with Crippen LogP contribution in [0.25, 0.3) is 0 Å². The van der Waals surface area contributed by atoms with Gasteiger partial charge in [0.05, 0.1) is 0 Å². The molecule has 1 saturated carbocycles. The third-order valence-electron chi connectivity index (χ3n) is 6.39. The zero-order valence-electron chi connectivity index (χ0n) is 16.5. The Hall–Kier alpha value is -2.15. The van der Waals surface area contributed by atoms with Gasteiger partial charge in [-0.2, -0.15) is 0 Å². The molecule has 2 saturated heterocycles. The van der Waals surface area contributed by atoms with Crippen LogP contribution in [0.2, 0.25) is 0 Å². The average Bonchev–Trinajstić information content (AvgIpc) is 3.22. The minimum absolute atomic E-state index is 0.0153. The lowest BCUT2D eigenvalue weighted by Crippen LogP contribution is -2.55. The maximum atomic E-state index is 13.0. The highest BCUT2D eigenvalue weighted by Crippen LogP contribution is 2.26. The maximum Gasteiger partial charge on any atom is 0.349 e. The summed E-state index contributed by atoms with van der Waals surface area (Å²) in [6.07, 6.45) is 6.46. The highest BCUT2D eigenvalue weighted by Gasteiger charge is 2.34. The summed E-state index contributed by atoms with van der Waals surface area (Å²) in [4.78, 5) is 41.6. The molecule has 3 fully saturated rings. The number of hydrogen-bond acceptors (Lipinski definition) is 5. The molecule has 1 aliphatic carbocycles. The highest BCUT2D eigenvalue weighted by molar-refractivity contribution is 5.97. The molecule has 1 aromatic rings. The number of rotatable bonds is 3. The van der Waals surface area contributed by atoms with Gasteiger partial charge in [-0.15, -0.1) is 0 Å². The lowest BCUT2D eigenvalue weighted by molar-refractivity contribution is -0.137. The first-order chi connectivity index (χ1) is 13.5. The number of carbonyl (C=O) groups excluding carboxylic acids is 2. The van der Waals surface area contributed by atoms with Gasteiger partial charge in [0, 0.05) is 31.6 Å². The van der Waals surface area contributed by atoms with Crippen molar-refractivity contribution in [3.8, 4) is 0 Å². The first kappa shape index (κ1) is 19.2. The number of nitrogens with one attached hydrogen (secondary N) is 1. The Morgan fingerprint density at radius 2 is 1.93 bits per heavy atom. The number of hydrogen-bond donors (Lipinski definition) is 1. The van der Waals surface area contributed by atoms with Crippen molar-refractivity contribution in [1.82, 2.24) is 15.1 Å². The molecule has 0 spiro atoms. The van der Waals surface area contributed by atoms with Crippen molar-refractivity contribution in [3.63, 3.8) is 0 Å². The average molecular weight is 387 g/mol. The lowest BCUT2D eigenvalue weighted by atomic mass is 9.95. The van der Waals surface area contributed by atoms with Crippen LogP contribution in [-0.4, -0.2) is 60.4 Å². The SMILES string of the molecule is Cc1cc(C2CCCNC2)oc(=O)c1C(=O)N1CCN(C2CCCC2)C(=O)C1. The quantitative estimate of drug-likeness (QED) is 0.853. The summed E-state index contributed by atoms with van der Waals surface area (Å²) in [5, 5.41) is 3.31. The van der Waals surface area contributed by atoms with E-state index < -0.39 is 5.63 Å². The first-order valence-electron chi connectivity index (χ1n) is 10.5. The third-order valence-corrected chi connectivity index (χ3v) is 6.39. The molecule has 0 bridgehead atoms. The summed E-state index contributed by atoms with van der Waals surface area (Å²) < 4.78 is 5.53. The third kappa shape index (κ3) is 3.72. The van der Waals surface area contributed by atoms with E-state index in [9.17, 15) is 14.4 Å². The van der Waals surface area contributed by atoms with Gasteiger partial charge in [0.2, 0.25) is 5.91 Å². The second kappa shape index (κ2) is 8.07. The molecule has 7 nitrogen and oxygen atoms in total. The van der Waals surface area contributed by atoms with Crippen molar-refractivity contribution in [1.29, 1.82) is 0 Å². The van der Waals surface area contributed by atoms with Crippen molar-refractivity contribution < 1.29 is 14.0 Å². The summed E-state index contributed by atoms with van der Waals surface area (Å²) in [7, 11) is 0. The number of piperazine rings is 1. The van der Waals surface area contributed by atoms with Gasteiger partial charge in [-0.05, 0) is 50.8 Å². The second-order valence-electron chi connectivity index (χ2n) is 8.29. The van der Waals surface area contributed by atoms with Gasteiger partial charge in [0.25, 0.3) is 5.91 Å². The Labute approximate surface area is 165 Å². The van der Waals surface area contributed by atoms with E-state index in [2.05, 4.69) is 5.32 Å². The van der Waals surface area contributed by atoms with E-state index in [0.29, 0.717) is 30.5 Å². The summed E-state index contributed by atoms with van der Waals surface area (Å²) in [5.41, 5.74) is 0.110. The monoisotopic (exact) mass is 387 g/mol. The molecule has 0 aromatic carbocycles. The van der Waals surface area contributed by atoms with Crippen molar-refractivity contribution >= 4 is 11.8 Å². The van der Waals surface area contributed by atoms with Crippen LogP contribution in [0.5, 0.6) is 0 Å². The minimum atomic E-state index is -0.587. The fourth-order valence-corrected chi connectivity index (χ4v) is 4.81. The van der Waals surface area contributed by atoms with E-state index in [1.54, 1.807) is 6.92 Å². The Morgan fingerprint density at radius 3 is 2.57 bits per heavy atom. The second-order valence-corrected chi connectivity index (χ2v) is 8.29. The number of piperidine rings is 1. The zero-order valence-corrected chi connectivity index (χ0v) is 16.5. The van der Waals surface area contributed by atoms with Gasteiger partial charge in [0.15, 0.2) is 0 Å². The number of amides is 2. The molecule has 4 rings (SSSR count). The van der Waals surface area contributed by atoms with Gasteiger partial charge in [0.1, 0.15) is 17.9 Å². The molecule has 1 N–H and O–H groups in total. The Bertz CT molecular complexity index is 806. The summed E-state index contributed by atoms with van der Waals surface area (Å²) >= 11 is 0. The molecular weight excluding hydrogens is 358 g/mol. The standard InChI is InChI=1S/C21H29N3O4/c1-14-11-17(15-5-4-8-22-12-15)28-21(27)19(14)20(26)23-9-10-24(18(25)13-23)16-6-2-3-7-16/h11,15-16,22H,2-10,12-13H2,1H3. The molecule has 2 aliphatic heterocycles. The largest absolute Gasteiger partial charge is 0.427 e. The molecule has 28 heavy (non-hydrogen) atoms. The van der Waals surface area contributed by atoms with E-state index in [-0.39, 0.29) is 29.8 Å². The van der Waals surface area contributed by atoms with Crippen molar-refractivity contribution in [2.75, 3.05) is 32.7 Å². The van der Waals surface area contributed by atoms with Gasteiger partial charge in [-0.3, -0.25) is 9.59 Å². The van der Waals surface area contributed by atoms with E-state index in [1.165, 1.54) is 17.7 Å². The van der Waals surface area contributed by atoms with Crippen LogP contribution in [0.4, 0.5) is 0 Å². The van der Waals surface area contributed by atoms with E-state index in [0.717, 1.165) is 38.8 Å². The summed E-state index contributed by atoms with van der Waals surface area (Å²) in [5.74, 6) is 0.409. The van der Waals surface area contributed by atoms with E-state index >= 15 is 0 Å². The van der Waals surface area contributed by atoms with Gasteiger partial charge in [-0.1, -0.05) is 12.8 Å². The predicted molar refractivity (Wildman–Crippen MR) is 104 cm³/mol. The smallest absolute Gasteiger partial charge is 0.349 e. The van der Waals surface area contributed by atoms with Crippen molar-refractivity contribution in [2.24, 2.45) is 0 Å². The van der Waals surface area contributed by atoms with Crippen molar-refractivity contribution in [3.05, 3.63) is 33.4 Å². The van der Waals surface area contributed by atoms with Crippen LogP contribution in [0.1, 0.15) is 66.1 Å². The first-order valence-corrected chi connectivity index (χ1v) is 10.5. The molecule has 3 heterocycles. The number of nitrogens with zero attached hydrogens (tertiary/aromatic N) is 2. The van der Waals surface area contributed by atoms with Gasteiger partial charge >= 0.3 is 5.63 Å². The predicted octanol–water partition coefficient (Wildman–Crippen LogP) is 1.64. The normalized spacial score (nSPS) is 24.0. The Balaban J connectivity index is 1.49. The van der Waals surface area contributed by atoms with Crippen LogP contribution in [0, 0.1) is 6.92 Å². The van der Waals surface area contributed by atoms with Gasteiger partial charge < -0.3 is 19.5 Å². The van der Waals surface area contributed by atoms with Crippen LogP contribution in [0.3, 0.4) is 0 Å². The van der Waals surface area contributed by atoms with Crippen LogP contribution < -0.4 is 10.9 Å². The topological polar surface area (TPSA) is 82.9 Å². The van der Waals surface area contributed by atoms with E-state index in [1.807, 2.05) is 11.0 Å². The number of aryl methyl sites for hydroxylation is 1. The van der Waals surface area contributed by atoms with E-state index in [4.69, 9.17) is 4.42 Å². The van der Waals surface area contributed by atoms with Crippen molar-refractivity contribution in [2.45, 2.75) is 57.4 Å².